The minimum Gasteiger partial charge on any atom is -0.338 e. The van der Waals surface area contributed by atoms with Crippen molar-refractivity contribution < 1.29 is 4.79 Å². The molecule has 0 aliphatic carbocycles. The number of carbonyl (C=O) groups excluding carboxylic acids is 1. The van der Waals surface area contributed by atoms with Crippen molar-refractivity contribution in [3.05, 3.63) is 16.9 Å². The summed E-state index contributed by atoms with van der Waals surface area (Å²) in [6.07, 6.45) is 4.30. The quantitative estimate of drug-likeness (QED) is 0.805. The van der Waals surface area contributed by atoms with E-state index in [4.69, 9.17) is 0 Å². The number of rotatable bonds is 2. The Bertz CT molecular complexity index is 344. The molecule has 76 valence electrons. The lowest BCUT2D eigenvalue weighted by atomic mass is 10.1. The van der Waals surface area contributed by atoms with Crippen molar-refractivity contribution in [1.82, 2.24) is 14.7 Å². The van der Waals surface area contributed by atoms with Gasteiger partial charge in [-0.25, -0.2) is 0 Å². The number of amides is 1. The first-order valence-electron chi connectivity index (χ1n) is 4.68. The summed E-state index contributed by atoms with van der Waals surface area (Å²) in [6.45, 7) is 3.47. The molecule has 1 aromatic rings. The predicted molar refractivity (Wildman–Crippen MR) is 55.8 cm³/mol. The topological polar surface area (TPSA) is 38.1 Å². The van der Waals surface area contributed by atoms with E-state index in [-0.39, 0.29) is 5.91 Å². The Labute approximate surface area is 91.0 Å². The standard InChI is InChI=1S/C9H12BrN3O/c1-2-9(14)12-5-8(6-12)13-4-7(10)3-11-13/h3-4,8H,2,5-6H2,1H3. The van der Waals surface area contributed by atoms with Crippen molar-refractivity contribution in [2.24, 2.45) is 0 Å². The molecule has 1 amide bonds. The number of nitrogens with zero attached hydrogens (tertiary/aromatic N) is 3. The molecular weight excluding hydrogens is 246 g/mol. The van der Waals surface area contributed by atoms with Crippen molar-refractivity contribution >= 4 is 21.8 Å². The van der Waals surface area contributed by atoms with Crippen LogP contribution < -0.4 is 0 Å². The Morgan fingerprint density at radius 3 is 2.93 bits per heavy atom. The molecule has 2 rings (SSSR count). The van der Waals surface area contributed by atoms with E-state index in [0.717, 1.165) is 17.6 Å². The molecule has 0 aromatic carbocycles. The Hall–Kier alpha value is -0.840. The van der Waals surface area contributed by atoms with Crippen LogP contribution in [0.3, 0.4) is 0 Å². The molecule has 0 saturated carbocycles. The van der Waals surface area contributed by atoms with Crippen LogP contribution in [0.15, 0.2) is 16.9 Å². The van der Waals surface area contributed by atoms with E-state index in [9.17, 15) is 4.79 Å². The van der Waals surface area contributed by atoms with Gasteiger partial charge in [-0.15, -0.1) is 0 Å². The zero-order valence-electron chi connectivity index (χ0n) is 7.98. The normalized spacial score (nSPS) is 16.9. The van der Waals surface area contributed by atoms with Gasteiger partial charge in [0.1, 0.15) is 0 Å². The molecule has 1 aliphatic heterocycles. The third kappa shape index (κ3) is 1.68. The third-order valence-corrected chi connectivity index (χ3v) is 2.87. The minimum atomic E-state index is 0.229. The van der Waals surface area contributed by atoms with Crippen molar-refractivity contribution in [3.8, 4) is 0 Å². The first kappa shape index (κ1) is 9.71. The number of aromatic nitrogens is 2. The van der Waals surface area contributed by atoms with Gasteiger partial charge in [-0.3, -0.25) is 9.48 Å². The van der Waals surface area contributed by atoms with Crippen LogP contribution in [0.5, 0.6) is 0 Å². The lowest BCUT2D eigenvalue weighted by molar-refractivity contribution is -0.136. The van der Waals surface area contributed by atoms with E-state index >= 15 is 0 Å². The van der Waals surface area contributed by atoms with E-state index in [1.807, 2.05) is 22.7 Å². The summed E-state index contributed by atoms with van der Waals surface area (Å²) in [6, 6.07) is 0.358. The highest BCUT2D eigenvalue weighted by molar-refractivity contribution is 9.10. The van der Waals surface area contributed by atoms with Crippen LogP contribution in [0.1, 0.15) is 19.4 Å². The largest absolute Gasteiger partial charge is 0.338 e. The molecule has 14 heavy (non-hydrogen) atoms. The number of hydrogen-bond acceptors (Lipinski definition) is 2. The summed E-state index contributed by atoms with van der Waals surface area (Å²) >= 11 is 3.35. The molecular formula is C9H12BrN3O. The smallest absolute Gasteiger partial charge is 0.222 e. The SMILES string of the molecule is CCC(=O)N1CC(n2cc(Br)cn2)C1. The number of hydrogen-bond donors (Lipinski definition) is 0. The highest BCUT2D eigenvalue weighted by Gasteiger charge is 2.31. The molecule has 0 radical (unpaired) electrons. The lowest BCUT2D eigenvalue weighted by Crippen LogP contribution is -2.50. The summed E-state index contributed by atoms with van der Waals surface area (Å²) in [5, 5.41) is 4.19. The molecule has 1 aromatic heterocycles. The van der Waals surface area contributed by atoms with Crippen LogP contribution in [0.25, 0.3) is 0 Å². The van der Waals surface area contributed by atoms with Gasteiger partial charge in [0.25, 0.3) is 0 Å². The molecule has 0 unspecified atom stereocenters. The highest BCUT2D eigenvalue weighted by atomic mass is 79.9. The van der Waals surface area contributed by atoms with E-state index in [0.29, 0.717) is 12.5 Å². The highest BCUT2D eigenvalue weighted by Crippen LogP contribution is 2.22. The number of likely N-dealkylation sites (tertiary alicyclic amines) is 1. The summed E-state index contributed by atoms with van der Waals surface area (Å²) in [4.78, 5) is 13.1. The second-order valence-electron chi connectivity index (χ2n) is 3.44. The van der Waals surface area contributed by atoms with Gasteiger partial charge >= 0.3 is 0 Å². The van der Waals surface area contributed by atoms with E-state index in [1.165, 1.54) is 0 Å². The maximum atomic E-state index is 11.3. The first-order chi connectivity index (χ1) is 6.70. The molecule has 4 nitrogen and oxygen atoms in total. The molecule has 0 spiro atoms. The maximum Gasteiger partial charge on any atom is 0.222 e. The monoisotopic (exact) mass is 257 g/mol. The molecule has 0 bridgehead atoms. The Kier molecular flexibility index (Phi) is 2.58. The number of halogens is 1. The average Bonchev–Trinajstić information content (AvgIpc) is 2.49. The predicted octanol–water partition coefficient (Wildman–Crippen LogP) is 1.44. The summed E-state index contributed by atoms with van der Waals surface area (Å²) in [7, 11) is 0. The molecule has 0 N–H and O–H groups in total. The van der Waals surface area contributed by atoms with Crippen molar-refractivity contribution in [2.45, 2.75) is 19.4 Å². The zero-order valence-corrected chi connectivity index (χ0v) is 9.57. The molecule has 0 atom stereocenters. The van der Waals surface area contributed by atoms with Crippen molar-refractivity contribution in [2.75, 3.05) is 13.1 Å². The van der Waals surface area contributed by atoms with Crippen LogP contribution in [0.4, 0.5) is 0 Å². The minimum absolute atomic E-state index is 0.229. The fourth-order valence-corrected chi connectivity index (χ4v) is 1.87. The zero-order chi connectivity index (χ0) is 10.1. The van der Waals surface area contributed by atoms with Crippen LogP contribution in [0.2, 0.25) is 0 Å². The molecule has 1 fully saturated rings. The third-order valence-electron chi connectivity index (χ3n) is 2.46. The number of carbonyl (C=O) groups is 1. The first-order valence-corrected chi connectivity index (χ1v) is 5.47. The average molecular weight is 258 g/mol. The van der Waals surface area contributed by atoms with Crippen LogP contribution in [0, 0.1) is 0 Å². The van der Waals surface area contributed by atoms with Crippen LogP contribution in [-0.4, -0.2) is 33.7 Å². The second kappa shape index (κ2) is 3.73. The van der Waals surface area contributed by atoms with Gasteiger partial charge in [0.05, 0.1) is 16.7 Å². The summed E-state index contributed by atoms with van der Waals surface area (Å²) in [5.41, 5.74) is 0. The fraction of sp³-hybridized carbons (Fsp3) is 0.556. The van der Waals surface area contributed by atoms with Gasteiger partial charge < -0.3 is 4.90 Å². The van der Waals surface area contributed by atoms with E-state index in [1.54, 1.807) is 6.20 Å². The van der Waals surface area contributed by atoms with Crippen molar-refractivity contribution in [1.29, 1.82) is 0 Å². The van der Waals surface area contributed by atoms with Gasteiger partial charge in [0.15, 0.2) is 0 Å². The molecule has 2 heterocycles. The summed E-state index contributed by atoms with van der Waals surface area (Å²) < 4.78 is 2.89. The Balaban J connectivity index is 1.92. The Morgan fingerprint density at radius 1 is 1.71 bits per heavy atom. The van der Waals surface area contributed by atoms with E-state index < -0.39 is 0 Å². The van der Waals surface area contributed by atoms with Crippen LogP contribution in [-0.2, 0) is 4.79 Å². The van der Waals surface area contributed by atoms with E-state index in [2.05, 4.69) is 21.0 Å². The molecule has 1 aliphatic rings. The van der Waals surface area contributed by atoms with Gasteiger partial charge in [-0.2, -0.15) is 5.10 Å². The second-order valence-corrected chi connectivity index (χ2v) is 4.36. The molecule has 5 heteroatoms. The molecule has 1 saturated heterocycles. The van der Waals surface area contributed by atoms with Crippen LogP contribution >= 0.6 is 15.9 Å². The van der Waals surface area contributed by atoms with Gasteiger partial charge in [0.2, 0.25) is 5.91 Å². The van der Waals surface area contributed by atoms with Gasteiger partial charge in [0, 0.05) is 25.7 Å². The summed E-state index contributed by atoms with van der Waals surface area (Å²) in [5.74, 6) is 0.229. The van der Waals surface area contributed by atoms with Crippen molar-refractivity contribution in [3.63, 3.8) is 0 Å². The van der Waals surface area contributed by atoms with Gasteiger partial charge in [-0.05, 0) is 15.9 Å². The Morgan fingerprint density at radius 2 is 2.43 bits per heavy atom. The maximum absolute atomic E-state index is 11.3. The van der Waals surface area contributed by atoms with Gasteiger partial charge in [-0.1, -0.05) is 6.92 Å². The lowest BCUT2D eigenvalue weighted by Gasteiger charge is -2.39. The fourth-order valence-electron chi connectivity index (χ4n) is 1.56.